The van der Waals surface area contributed by atoms with E-state index in [-0.39, 0.29) is 25.4 Å². The van der Waals surface area contributed by atoms with Gasteiger partial charge in [-0.1, -0.05) is 17.1 Å². The van der Waals surface area contributed by atoms with E-state index in [2.05, 4.69) is 36.9 Å². The molecule has 0 amide bonds. The number of aromatic nitrogens is 5. The van der Waals surface area contributed by atoms with Gasteiger partial charge in [-0.3, -0.25) is 4.57 Å². The summed E-state index contributed by atoms with van der Waals surface area (Å²) in [7, 11) is 0. The van der Waals surface area contributed by atoms with E-state index in [1.807, 2.05) is 13.8 Å². The van der Waals surface area contributed by atoms with Gasteiger partial charge in [0, 0.05) is 0 Å². The van der Waals surface area contributed by atoms with Gasteiger partial charge >= 0.3 is 0 Å². The molecule has 0 radical (unpaired) electrons. The summed E-state index contributed by atoms with van der Waals surface area (Å²) in [5.74, 6) is 5.37. The van der Waals surface area contributed by atoms with Crippen molar-refractivity contribution in [2.45, 2.75) is 44.2 Å². The molecule has 0 saturated carbocycles. The van der Waals surface area contributed by atoms with Crippen molar-refractivity contribution in [3.8, 4) is 11.8 Å². The van der Waals surface area contributed by atoms with Crippen molar-refractivity contribution in [1.82, 2.24) is 24.5 Å². The zero-order valence-corrected chi connectivity index (χ0v) is 18.5. The molecule has 3 aromatic rings. The molecule has 12 heteroatoms. The molecule has 5 rings (SSSR count). The Labute approximate surface area is 194 Å². The molecule has 0 aromatic carbocycles. The molecule has 3 aromatic heterocycles. The van der Waals surface area contributed by atoms with Crippen molar-refractivity contribution in [3.63, 3.8) is 0 Å². The standard InChI is InChI=1S/C22H23N7O5/c1-22(2)33-17-15(10-31-8-4-7-13-5-3-6-14(28-13)9-27-30)32-21(18(17)34-22)29-12-26-16-19(23)24-11-25-20(16)29/h3,5-6,9,11-12,15,17-18,21,30H,8,10H2,1-2H3,(H2,23,24,25)/t15-,17-,18-,21-/m1/s1. The van der Waals surface area contributed by atoms with E-state index in [4.69, 9.17) is 29.9 Å². The van der Waals surface area contributed by atoms with Crippen molar-refractivity contribution in [3.05, 3.63) is 42.2 Å². The van der Waals surface area contributed by atoms with Gasteiger partial charge in [0.15, 0.2) is 23.5 Å². The molecule has 34 heavy (non-hydrogen) atoms. The van der Waals surface area contributed by atoms with Crippen molar-refractivity contribution in [1.29, 1.82) is 0 Å². The summed E-state index contributed by atoms with van der Waals surface area (Å²) in [5, 5.41) is 11.6. The Morgan fingerprint density at radius 3 is 2.97 bits per heavy atom. The first kappa shape index (κ1) is 22.2. The highest BCUT2D eigenvalue weighted by Crippen LogP contribution is 2.43. The number of nitrogen functional groups attached to an aromatic ring is 1. The maximum Gasteiger partial charge on any atom is 0.167 e. The maximum absolute atomic E-state index is 8.63. The van der Waals surface area contributed by atoms with Gasteiger partial charge in [0.25, 0.3) is 0 Å². The van der Waals surface area contributed by atoms with Crippen LogP contribution in [0.1, 0.15) is 31.5 Å². The summed E-state index contributed by atoms with van der Waals surface area (Å²) < 4.78 is 26.1. The Bertz CT molecular complexity index is 1280. The largest absolute Gasteiger partial charge is 0.411 e. The number of ether oxygens (including phenoxy) is 4. The topological polar surface area (TPSA) is 152 Å². The van der Waals surface area contributed by atoms with Gasteiger partial charge in [-0.05, 0) is 31.9 Å². The van der Waals surface area contributed by atoms with Crippen LogP contribution in [0.15, 0.2) is 36.0 Å². The lowest BCUT2D eigenvalue weighted by molar-refractivity contribution is -0.201. The fraction of sp³-hybridized carbons (Fsp3) is 0.409. The van der Waals surface area contributed by atoms with Gasteiger partial charge in [0.05, 0.1) is 24.8 Å². The predicted molar refractivity (Wildman–Crippen MR) is 119 cm³/mol. The highest BCUT2D eigenvalue weighted by atomic mass is 16.8. The molecule has 4 atom stereocenters. The molecule has 2 aliphatic rings. The molecule has 2 fully saturated rings. The first-order valence-electron chi connectivity index (χ1n) is 10.6. The number of hydrogen-bond donors (Lipinski definition) is 2. The number of rotatable bonds is 5. The Balaban J connectivity index is 1.27. The average molecular weight is 465 g/mol. The number of pyridine rings is 1. The van der Waals surface area contributed by atoms with E-state index in [1.54, 1.807) is 29.1 Å². The van der Waals surface area contributed by atoms with Gasteiger partial charge in [-0.15, -0.1) is 0 Å². The Kier molecular flexibility index (Phi) is 5.84. The second-order valence-electron chi connectivity index (χ2n) is 8.22. The van der Waals surface area contributed by atoms with Gasteiger partial charge in [-0.2, -0.15) is 0 Å². The summed E-state index contributed by atoms with van der Waals surface area (Å²) in [6.07, 6.45) is 2.59. The summed E-state index contributed by atoms with van der Waals surface area (Å²) in [6.45, 7) is 4.14. The maximum atomic E-state index is 8.63. The number of hydrogen-bond acceptors (Lipinski definition) is 11. The van der Waals surface area contributed by atoms with Crippen LogP contribution in [0.2, 0.25) is 0 Å². The smallest absolute Gasteiger partial charge is 0.167 e. The van der Waals surface area contributed by atoms with Crippen LogP contribution in [-0.4, -0.2) is 73.2 Å². The van der Waals surface area contributed by atoms with Crippen molar-refractivity contribution in [2.75, 3.05) is 18.9 Å². The number of nitrogens with zero attached hydrogens (tertiary/aromatic N) is 6. The zero-order valence-electron chi connectivity index (χ0n) is 18.5. The summed E-state index contributed by atoms with van der Waals surface area (Å²) in [4.78, 5) is 16.9. The van der Waals surface area contributed by atoms with Gasteiger partial charge in [-0.25, -0.2) is 19.9 Å². The van der Waals surface area contributed by atoms with Crippen LogP contribution in [0, 0.1) is 11.8 Å². The van der Waals surface area contributed by atoms with Crippen LogP contribution >= 0.6 is 0 Å². The van der Waals surface area contributed by atoms with E-state index in [0.717, 1.165) is 0 Å². The lowest BCUT2D eigenvalue weighted by Gasteiger charge is -2.24. The third-order valence-corrected chi connectivity index (χ3v) is 5.42. The quantitative estimate of drug-likeness (QED) is 0.184. The molecule has 0 unspecified atom stereocenters. The molecule has 2 saturated heterocycles. The number of nitrogens with two attached hydrogens (primary N) is 1. The minimum absolute atomic E-state index is 0.171. The average Bonchev–Trinajstić information content (AvgIpc) is 3.46. The lowest BCUT2D eigenvalue weighted by Crippen LogP contribution is -2.33. The van der Waals surface area contributed by atoms with Crippen LogP contribution in [-0.2, 0) is 18.9 Å². The van der Waals surface area contributed by atoms with Crippen molar-refractivity contribution in [2.24, 2.45) is 5.16 Å². The third kappa shape index (κ3) is 4.29. The summed E-state index contributed by atoms with van der Waals surface area (Å²) in [6, 6.07) is 5.24. The molecular formula is C22H23N7O5. The molecule has 2 aliphatic heterocycles. The molecule has 5 heterocycles. The predicted octanol–water partition coefficient (Wildman–Crippen LogP) is 1.10. The lowest BCUT2D eigenvalue weighted by atomic mass is 10.1. The number of anilines is 1. The molecule has 0 spiro atoms. The molecule has 0 bridgehead atoms. The SMILES string of the molecule is CC1(C)O[C@@H]2[C@H](O1)[C@@H](COCC#Cc1cccc(C=NO)n1)O[C@H]2n1cnc2c(N)ncnc21. The number of fused-ring (bicyclic) bond motifs is 2. The molecule has 12 nitrogen and oxygen atoms in total. The van der Waals surface area contributed by atoms with Gasteiger partial charge in [0.2, 0.25) is 0 Å². The first-order chi connectivity index (χ1) is 16.4. The number of oxime groups is 1. The van der Waals surface area contributed by atoms with Crippen LogP contribution in [0.25, 0.3) is 11.2 Å². The van der Waals surface area contributed by atoms with Crippen molar-refractivity contribution >= 4 is 23.2 Å². The Morgan fingerprint density at radius 1 is 1.26 bits per heavy atom. The van der Waals surface area contributed by atoms with Crippen LogP contribution < -0.4 is 5.73 Å². The van der Waals surface area contributed by atoms with Gasteiger partial charge < -0.3 is 29.9 Å². The van der Waals surface area contributed by atoms with Crippen LogP contribution in [0.3, 0.4) is 0 Å². The van der Waals surface area contributed by atoms with E-state index >= 15 is 0 Å². The fourth-order valence-electron chi connectivity index (χ4n) is 4.08. The Morgan fingerprint density at radius 2 is 2.12 bits per heavy atom. The highest BCUT2D eigenvalue weighted by molar-refractivity contribution is 5.81. The molecule has 3 N–H and O–H groups in total. The minimum atomic E-state index is -0.769. The van der Waals surface area contributed by atoms with Crippen molar-refractivity contribution < 1.29 is 24.2 Å². The minimum Gasteiger partial charge on any atom is -0.411 e. The molecular weight excluding hydrogens is 442 g/mol. The summed E-state index contributed by atoms with van der Waals surface area (Å²) >= 11 is 0. The van der Waals surface area contributed by atoms with Crippen LogP contribution in [0.4, 0.5) is 5.82 Å². The zero-order chi connectivity index (χ0) is 23.7. The normalized spacial score (nSPS) is 25.5. The van der Waals surface area contributed by atoms with Crippen LogP contribution in [0.5, 0.6) is 0 Å². The fourth-order valence-corrected chi connectivity index (χ4v) is 4.08. The van der Waals surface area contributed by atoms with E-state index in [1.165, 1.54) is 12.5 Å². The number of imidazole rings is 1. The molecule has 0 aliphatic carbocycles. The highest BCUT2D eigenvalue weighted by Gasteiger charge is 2.56. The first-order valence-corrected chi connectivity index (χ1v) is 10.6. The monoisotopic (exact) mass is 465 g/mol. The second-order valence-corrected chi connectivity index (χ2v) is 8.22. The second kappa shape index (κ2) is 8.96. The Hall–Kier alpha value is -3.63. The third-order valence-electron chi connectivity index (χ3n) is 5.42. The molecule has 176 valence electrons. The summed E-state index contributed by atoms with van der Waals surface area (Å²) in [5.41, 5.74) is 8.03. The van der Waals surface area contributed by atoms with E-state index in [9.17, 15) is 0 Å². The van der Waals surface area contributed by atoms with E-state index in [0.29, 0.717) is 28.4 Å². The van der Waals surface area contributed by atoms with E-state index < -0.39 is 18.1 Å². The van der Waals surface area contributed by atoms with Gasteiger partial charge in [0.1, 0.15) is 42.5 Å².